The van der Waals surface area contributed by atoms with Crippen molar-refractivity contribution in [3.8, 4) is 0 Å². The highest BCUT2D eigenvalue weighted by Gasteiger charge is 2.19. The van der Waals surface area contributed by atoms with Crippen LogP contribution in [-0.2, 0) is 16.6 Å². The summed E-state index contributed by atoms with van der Waals surface area (Å²) in [6, 6.07) is 4.72. The molecule has 108 valence electrons. The van der Waals surface area contributed by atoms with Gasteiger partial charge in [0.1, 0.15) is 4.90 Å². The number of halogens is 2. The van der Waals surface area contributed by atoms with Crippen LogP contribution in [0.25, 0.3) is 0 Å². The second kappa shape index (κ2) is 6.01. The molecule has 0 bridgehead atoms. The SMILES string of the molecule is NCCn1cc(S(=O)(=O)Nc2c(Cl)cccc2Cl)cn1. The number of hydrogen-bond donors (Lipinski definition) is 2. The van der Waals surface area contributed by atoms with Crippen molar-refractivity contribution >= 4 is 38.9 Å². The fourth-order valence-electron chi connectivity index (χ4n) is 1.53. The average Bonchev–Trinajstić information content (AvgIpc) is 2.84. The van der Waals surface area contributed by atoms with Crippen molar-refractivity contribution in [1.29, 1.82) is 0 Å². The van der Waals surface area contributed by atoms with Crippen LogP contribution in [0.4, 0.5) is 5.69 Å². The van der Waals surface area contributed by atoms with E-state index in [2.05, 4.69) is 9.82 Å². The lowest BCUT2D eigenvalue weighted by Crippen LogP contribution is -2.13. The molecule has 1 aromatic carbocycles. The Bertz CT molecular complexity index is 695. The van der Waals surface area contributed by atoms with Crippen LogP contribution in [0.3, 0.4) is 0 Å². The second-order valence-corrected chi connectivity index (χ2v) is 6.43. The van der Waals surface area contributed by atoms with Gasteiger partial charge in [-0.25, -0.2) is 8.42 Å². The number of hydrogen-bond acceptors (Lipinski definition) is 4. The average molecular weight is 335 g/mol. The summed E-state index contributed by atoms with van der Waals surface area (Å²) in [5, 5.41) is 4.35. The molecule has 1 heterocycles. The summed E-state index contributed by atoms with van der Waals surface area (Å²) in [6.45, 7) is 0.799. The minimum absolute atomic E-state index is 0.0157. The van der Waals surface area contributed by atoms with E-state index in [-0.39, 0.29) is 20.6 Å². The lowest BCUT2D eigenvalue weighted by Gasteiger charge is -2.09. The first-order valence-electron chi connectivity index (χ1n) is 5.63. The van der Waals surface area contributed by atoms with Crippen molar-refractivity contribution in [3.05, 3.63) is 40.6 Å². The number of nitrogens with two attached hydrogens (primary N) is 1. The molecule has 20 heavy (non-hydrogen) atoms. The largest absolute Gasteiger partial charge is 0.329 e. The number of nitrogens with zero attached hydrogens (tertiary/aromatic N) is 2. The van der Waals surface area contributed by atoms with E-state index in [1.807, 2.05) is 0 Å². The molecule has 0 unspecified atom stereocenters. The van der Waals surface area contributed by atoms with Gasteiger partial charge in [0.2, 0.25) is 0 Å². The van der Waals surface area contributed by atoms with Crippen molar-refractivity contribution < 1.29 is 8.42 Å². The summed E-state index contributed by atoms with van der Waals surface area (Å²) >= 11 is 11.9. The molecule has 0 saturated heterocycles. The zero-order chi connectivity index (χ0) is 14.8. The summed E-state index contributed by atoms with van der Waals surface area (Å²) in [5.41, 5.74) is 5.52. The van der Waals surface area contributed by atoms with Gasteiger partial charge >= 0.3 is 0 Å². The molecule has 0 radical (unpaired) electrons. The molecular weight excluding hydrogens is 323 g/mol. The van der Waals surface area contributed by atoms with E-state index < -0.39 is 10.0 Å². The zero-order valence-corrected chi connectivity index (χ0v) is 12.6. The molecule has 0 aliphatic rings. The third kappa shape index (κ3) is 3.24. The van der Waals surface area contributed by atoms with Gasteiger partial charge in [-0.3, -0.25) is 9.40 Å². The van der Waals surface area contributed by atoms with E-state index in [0.29, 0.717) is 13.1 Å². The molecule has 0 atom stereocenters. The normalized spacial score (nSPS) is 11.6. The quantitative estimate of drug-likeness (QED) is 0.874. The van der Waals surface area contributed by atoms with Crippen molar-refractivity contribution in [2.24, 2.45) is 5.73 Å². The van der Waals surface area contributed by atoms with Crippen LogP contribution in [0, 0.1) is 0 Å². The van der Waals surface area contributed by atoms with Gasteiger partial charge in [-0.1, -0.05) is 29.3 Å². The van der Waals surface area contributed by atoms with Crippen LogP contribution in [0.2, 0.25) is 10.0 Å². The van der Waals surface area contributed by atoms with Crippen LogP contribution in [-0.4, -0.2) is 24.7 Å². The Kier molecular flexibility index (Phi) is 4.54. The molecule has 2 aromatic rings. The Balaban J connectivity index is 2.31. The van der Waals surface area contributed by atoms with E-state index in [9.17, 15) is 8.42 Å². The molecule has 0 aliphatic carbocycles. The number of para-hydroxylation sites is 1. The highest BCUT2D eigenvalue weighted by molar-refractivity contribution is 7.92. The Morgan fingerprint density at radius 3 is 2.55 bits per heavy atom. The molecule has 0 aliphatic heterocycles. The van der Waals surface area contributed by atoms with E-state index in [1.165, 1.54) is 17.1 Å². The summed E-state index contributed by atoms with van der Waals surface area (Å²) < 4.78 is 28.2. The van der Waals surface area contributed by atoms with Crippen molar-refractivity contribution in [1.82, 2.24) is 9.78 Å². The molecule has 0 saturated carbocycles. The highest BCUT2D eigenvalue weighted by Crippen LogP contribution is 2.31. The van der Waals surface area contributed by atoms with Crippen molar-refractivity contribution in [2.45, 2.75) is 11.4 Å². The van der Waals surface area contributed by atoms with Gasteiger partial charge in [-0.05, 0) is 12.1 Å². The topological polar surface area (TPSA) is 90.0 Å². The maximum absolute atomic E-state index is 12.2. The van der Waals surface area contributed by atoms with Crippen LogP contribution in [0.1, 0.15) is 0 Å². The summed E-state index contributed by atoms with van der Waals surface area (Å²) in [4.78, 5) is 0.0157. The molecule has 9 heteroatoms. The summed E-state index contributed by atoms with van der Waals surface area (Å²) in [7, 11) is -3.80. The predicted molar refractivity (Wildman–Crippen MR) is 78.6 cm³/mol. The summed E-state index contributed by atoms with van der Waals surface area (Å²) in [6.07, 6.45) is 2.63. The van der Waals surface area contributed by atoms with E-state index in [0.717, 1.165) is 0 Å². The van der Waals surface area contributed by atoms with Gasteiger partial charge < -0.3 is 5.73 Å². The predicted octanol–water partition coefficient (Wildman–Crippen LogP) is 1.95. The monoisotopic (exact) mass is 334 g/mol. The number of sulfonamides is 1. The maximum Gasteiger partial charge on any atom is 0.265 e. The third-order valence-electron chi connectivity index (χ3n) is 2.48. The standard InChI is InChI=1S/C11H12Cl2N4O2S/c12-9-2-1-3-10(13)11(9)16-20(18,19)8-6-15-17(7-8)5-4-14/h1-3,6-7,16H,4-5,14H2. The Labute approximate surface area is 126 Å². The number of rotatable bonds is 5. The minimum Gasteiger partial charge on any atom is -0.329 e. The van der Waals surface area contributed by atoms with Gasteiger partial charge in [0.05, 0.1) is 28.5 Å². The van der Waals surface area contributed by atoms with E-state index in [4.69, 9.17) is 28.9 Å². The van der Waals surface area contributed by atoms with Gasteiger partial charge in [-0.2, -0.15) is 5.10 Å². The molecule has 6 nitrogen and oxygen atoms in total. The lowest BCUT2D eigenvalue weighted by atomic mass is 10.3. The number of benzene rings is 1. The van der Waals surface area contributed by atoms with E-state index in [1.54, 1.807) is 18.2 Å². The van der Waals surface area contributed by atoms with Crippen LogP contribution in [0.15, 0.2) is 35.5 Å². The zero-order valence-electron chi connectivity index (χ0n) is 10.3. The number of anilines is 1. The van der Waals surface area contributed by atoms with Crippen LogP contribution < -0.4 is 10.5 Å². The van der Waals surface area contributed by atoms with Crippen molar-refractivity contribution in [2.75, 3.05) is 11.3 Å². The van der Waals surface area contributed by atoms with Gasteiger partial charge in [-0.15, -0.1) is 0 Å². The second-order valence-electron chi connectivity index (χ2n) is 3.93. The molecular formula is C11H12Cl2N4O2S. The number of nitrogens with one attached hydrogen (secondary N) is 1. The minimum atomic E-state index is -3.80. The fraction of sp³-hybridized carbons (Fsp3) is 0.182. The first kappa shape index (κ1) is 15.1. The molecule has 0 amide bonds. The molecule has 0 fully saturated rings. The van der Waals surface area contributed by atoms with Crippen molar-refractivity contribution in [3.63, 3.8) is 0 Å². The molecule has 1 aromatic heterocycles. The lowest BCUT2D eigenvalue weighted by molar-refractivity contribution is 0.599. The van der Waals surface area contributed by atoms with Crippen LogP contribution in [0.5, 0.6) is 0 Å². The maximum atomic E-state index is 12.2. The first-order valence-corrected chi connectivity index (χ1v) is 7.87. The summed E-state index contributed by atoms with van der Waals surface area (Å²) in [5.74, 6) is 0. The Hall–Kier alpha value is -1.28. The highest BCUT2D eigenvalue weighted by atomic mass is 35.5. The third-order valence-corrected chi connectivity index (χ3v) is 4.41. The molecule has 0 spiro atoms. The fourth-order valence-corrected chi connectivity index (χ4v) is 3.18. The van der Waals surface area contributed by atoms with E-state index >= 15 is 0 Å². The smallest absolute Gasteiger partial charge is 0.265 e. The molecule has 2 rings (SSSR count). The number of aromatic nitrogens is 2. The van der Waals surface area contributed by atoms with Gasteiger partial charge in [0.15, 0.2) is 0 Å². The first-order chi connectivity index (χ1) is 9.44. The van der Waals surface area contributed by atoms with Crippen LogP contribution >= 0.6 is 23.2 Å². The van der Waals surface area contributed by atoms with Gasteiger partial charge in [0.25, 0.3) is 10.0 Å². The Morgan fingerprint density at radius 2 is 1.95 bits per heavy atom. The molecule has 3 N–H and O–H groups in total. The Morgan fingerprint density at radius 1 is 1.30 bits per heavy atom. The van der Waals surface area contributed by atoms with Gasteiger partial charge in [0, 0.05) is 12.7 Å².